The zero-order valence-corrected chi connectivity index (χ0v) is 16.4. The van der Waals surface area contributed by atoms with Gasteiger partial charge in [-0.2, -0.15) is 0 Å². The van der Waals surface area contributed by atoms with E-state index in [0.29, 0.717) is 28.7 Å². The highest BCUT2D eigenvalue weighted by Gasteiger charge is 2.31. The molecule has 1 atom stereocenters. The van der Waals surface area contributed by atoms with Gasteiger partial charge in [0, 0.05) is 11.6 Å². The summed E-state index contributed by atoms with van der Waals surface area (Å²) in [6.45, 7) is 2.04. The van der Waals surface area contributed by atoms with E-state index in [4.69, 9.17) is 23.7 Å². The molecule has 2 aromatic rings. The van der Waals surface area contributed by atoms with Crippen molar-refractivity contribution >= 4 is 0 Å². The van der Waals surface area contributed by atoms with Crippen LogP contribution in [0.2, 0.25) is 0 Å². The first kappa shape index (κ1) is 18.6. The average Bonchev–Trinajstić information content (AvgIpc) is 3.39. The molecule has 4 rings (SSSR count). The molecule has 0 saturated carbocycles. The maximum atomic E-state index is 10.8. The fraction of sp³-hybridized carbons (Fsp3) is 0.429. The Labute approximate surface area is 164 Å². The predicted octanol–water partition coefficient (Wildman–Crippen LogP) is 3.33. The molecule has 0 bridgehead atoms. The summed E-state index contributed by atoms with van der Waals surface area (Å²) in [6.07, 6.45) is 2.23. The van der Waals surface area contributed by atoms with Crippen LogP contribution in [0.1, 0.15) is 30.0 Å². The molecule has 2 aliphatic rings. The Morgan fingerprint density at radius 3 is 2.07 bits per heavy atom. The number of fused-ring (bicyclic) bond motifs is 1. The topological polar surface area (TPSA) is 69.6 Å². The lowest BCUT2D eigenvalue weighted by Crippen LogP contribution is -2.26. The van der Waals surface area contributed by atoms with Gasteiger partial charge < -0.3 is 28.8 Å². The molecule has 1 N–H and O–H groups in total. The molecule has 2 aromatic carbocycles. The molecule has 0 spiro atoms. The molecular formula is C21H25NO6. The van der Waals surface area contributed by atoms with Gasteiger partial charge in [-0.3, -0.25) is 4.90 Å². The number of likely N-dealkylation sites (tertiary alicyclic amines) is 1. The molecule has 0 unspecified atom stereocenters. The molecule has 0 amide bonds. The predicted molar refractivity (Wildman–Crippen MR) is 103 cm³/mol. The number of rotatable bonds is 6. The van der Waals surface area contributed by atoms with E-state index in [0.717, 1.165) is 37.1 Å². The Hall–Kier alpha value is -2.80. The highest BCUT2D eigenvalue weighted by molar-refractivity contribution is 5.58. The van der Waals surface area contributed by atoms with Gasteiger partial charge in [-0.05, 0) is 49.7 Å². The summed E-state index contributed by atoms with van der Waals surface area (Å²) in [7, 11) is 4.79. The second-order valence-corrected chi connectivity index (χ2v) is 6.87. The van der Waals surface area contributed by atoms with Crippen LogP contribution < -0.4 is 23.7 Å². The molecule has 0 aliphatic carbocycles. The van der Waals surface area contributed by atoms with Crippen molar-refractivity contribution in [1.82, 2.24) is 4.90 Å². The molecular weight excluding hydrogens is 362 g/mol. The highest BCUT2D eigenvalue weighted by Crippen LogP contribution is 2.47. The normalized spacial score (nSPS) is 16.8. The van der Waals surface area contributed by atoms with Gasteiger partial charge in [0.2, 0.25) is 12.5 Å². The van der Waals surface area contributed by atoms with Gasteiger partial charge in [-0.15, -0.1) is 0 Å². The molecule has 0 radical (unpaired) electrons. The molecule has 2 aliphatic heterocycles. The summed E-state index contributed by atoms with van der Waals surface area (Å²) in [5.41, 5.74) is 1.71. The lowest BCUT2D eigenvalue weighted by Gasteiger charge is -2.30. The van der Waals surface area contributed by atoms with Gasteiger partial charge in [0.15, 0.2) is 23.0 Å². The molecule has 150 valence electrons. The Morgan fingerprint density at radius 2 is 1.50 bits per heavy atom. The van der Waals surface area contributed by atoms with Crippen LogP contribution in [0.15, 0.2) is 24.3 Å². The van der Waals surface area contributed by atoms with E-state index in [9.17, 15) is 5.11 Å². The lowest BCUT2D eigenvalue weighted by molar-refractivity contribution is 0.173. The number of phenols is 1. The van der Waals surface area contributed by atoms with Crippen LogP contribution in [0.4, 0.5) is 0 Å². The second kappa shape index (κ2) is 7.67. The van der Waals surface area contributed by atoms with Crippen LogP contribution in [0.3, 0.4) is 0 Å². The summed E-state index contributed by atoms with van der Waals surface area (Å²) in [5.74, 6) is 3.09. The highest BCUT2D eigenvalue weighted by atomic mass is 16.7. The Morgan fingerprint density at radius 1 is 0.893 bits per heavy atom. The molecule has 1 saturated heterocycles. The van der Waals surface area contributed by atoms with E-state index in [2.05, 4.69) is 4.90 Å². The van der Waals surface area contributed by atoms with Crippen molar-refractivity contribution in [2.75, 3.05) is 41.2 Å². The minimum atomic E-state index is -0.175. The van der Waals surface area contributed by atoms with E-state index < -0.39 is 0 Å². The summed E-state index contributed by atoms with van der Waals surface area (Å²) in [5, 5.41) is 10.8. The zero-order chi connectivity index (χ0) is 19.7. The third-order valence-electron chi connectivity index (χ3n) is 5.33. The van der Waals surface area contributed by atoms with Crippen LogP contribution in [0, 0.1) is 0 Å². The van der Waals surface area contributed by atoms with Crippen LogP contribution >= 0.6 is 0 Å². The average molecular weight is 387 g/mol. The second-order valence-electron chi connectivity index (χ2n) is 6.87. The monoisotopic (exact) mass is 387 g/mol. The van der Waals surface area contributed by atoms with E-state index in [-0.39, 0.29) is 18.6 Å². The fourth-order valence-corrected chi connectivity index (χ4v) is 4.01. The minimum absolute atomic E-state index is 0.163. The Bertz CT molecular complexity index is 837. The van der Waals surface area contributed by atoms with Crippen molar-refractivity contribution in [3.05, 3.63) is 35.4 Å². The van der Waals surface area contributed by atoms with E-state index >= 15 is 0 Å². The van der Waals surface area contributed by atoms with Crippen molar-refractivity contribution in [3.63, 3.8) is 0 Å². The summed E-state index contributed by atoms with van der Waals surface area (Å²) >= 11 is 0. The van der Waals surface area contributed by atoms with Gasteiger partial charge >= 0.3 is 0 Å². The third-order valence-corrected chi connectivity index (χ3v) is 5.33. The Balaban J connectivity index is 1.86. The van der Waals surface area contributed by atoms with Gasteiger partial charge in [0.1, 0.15) is 5.75 Å². The quantitative estimate of drug-likeness (QED) is 0.815. The van der Waals surface area contributed by atoms with Gasteiger partial charge in [0.25, 0.3) is 0 Å². The standard InChI is InChI=1S/C21H25NO6/c1-24-18-8-13(9-19(25-2)21(18)26-3)20(22-6-4-5-7-22)14-10-16-17(11-15(14)23)28-12-27-16/h8-11,20,23H,4-7,12H2,1-3H3/t20-/m0/s1. The first-order valence-electron chi connectivity index (χ1n) is 9.32. The number of phenolic OH excluding ortho intramolecular Hbond substituents is 1. The van der Waals surface area contributed by atoms with Crippen molar-refractivity contribution in [2.24, 2.45) is 0 Å². The van der Waals surface area contributed by atoms with E-state index in [1.807, 2.05) is 18.2 Å². The van der Waals surface area contributed by atoms with Crippen LogP contribution in [0.25, 0.3) is 0 Å². The van der Waals surface area contributed by atoms with Crippen molar-refractivity contribution in [3.8, 4) is 34.5 Å². The smallest absolute Gasteiger partial charge is 0.231 e. The molecule has 28 heavy (non-hydrogen) atoms. The number of hydrogen-bond acceptors (Lipinski definition) is 7. The first-order valence-corrected chi connectivity index (χ1v) is 9.32. The minimum Gasteiger partial charge on any atom is -0.507 e. The Kier molecular flexibility index (Phi) is 5.09. The number of methoxy groups -OCH3 is 3. The maximum absolute atomic E-state index is 10.8. The number of nitrogens with zero attached hydrogens (tertiary/aromatic N) is 1. The van der Waals surface area contributed by atoms with Gasteiger partial charge in [-0.1, -0.05) is 0 Å². The first-order chi connectivity index (χ1) is 13.7. The van der Waals surface area contributed by atoms with Crippen LogP contribution in [-0.4, -0.2) is 51.2 Å². The summed E-state index contributed by atoms with van der Waals surface area (Å²) < 4.78 is 27.5. The SMILES string of the molecule is COc1cc([C@@H](c2cc3c(cc2O)OCO3)N2CCCC2)cc(OC)c1OC. The van der Waals surface area contributed by atoms with Gasteiger partial charge in [-0.25, -0.2) is 0 Å². The molecule has 1 fully saturated rings. The third kappa shape index (κ3) is 3.16. The lowest BCUT2D eigenvalue weighted by atomic mass is 9.95. The molecule has 0 aromatic heterocycles. The van der Waals surface area contributed by atoms with Crippen LogP contribution in [0.5, 0.6) is 34.5 Å². The van der Waals surface area contributed by atoms with Crippen LogP contribution in [-0.2, 0) is 0 Å². The van der Waals surface area contributed by atoms with E-state index in [1.54, 1.807) is 27.4 Å². The van der Waals surface area contributed by atoms with Gasteiger partial charge in [0.05, 0.1) is 27.4 Å². The summed E-state index contributed by atoms with van der Waals surface area (Å²) in [4.78, 5) is 2.35. The maximum Gasteiger partial charge on any atom is 0.231 e. The largest absolute Gasteiger partial charge is 0.507 e. The molecule has 2 heterocycles. The number of benzene rings is 2. The summed E-state index contributed by atoms with van der Waals surface area (Å²) in [6, 6.07) is 7.19. The molecule has 7 heteroatoms. The number of aromatic hydroxyl groups is 1. The fourth-order valence-electron chi connectivity index (χ4n) is 4.01. The van der Waals surface area contributed by atoms with Crippen molar-refractivity contribution < 1.29 is 28.8 Å². The number of ether oxygens (including phenoxy) is 5. The zero-order valence-electron chi connectivity index (χ0n) is 16.4. The molecule has 7 nitrogen and oxygen atoms in total. The van der Waals surface area contributed by atoms with Crippen molar-refractivity contribution in [1.29, 1.82) is 0 Å². The van der Waals surface area contributed by atoms with Crippen molar-refractivity contribution in [2.45, 2.75) is 18.9 Å². The van der Waals surface area contributed by atoms with E-state index in [1.165, 1.54) is 0 Å². The number of hydrogen-bond donors (Lipinski definition) is 1.